The van der Waals surface area contributed by atoms with Crippen LogP contribution >= 0.6 is 47.8 Å². The second-order valence-electron chi connectivity index (χ2n) is 3.99. The molecule has 110 valence electrons. The van der Waals surface area contributed by atoms with E-state index in [2.05, 4.69) is 53.1 Å². The maximum Gasteiger partial charge on any atom is 0.317 e. The molecule has 20 heavy (non-hydrogen) atoms. The third kappa shape index (κ3) is 5.51. The van der Waals surface area contributed by atoms with Gasteiger partial charge in [-0.3, -0.25) is 14.5 Å². The minimum Gasteiger partial charge on any atom is -0.480 e. The summed E-state index contributed by atoms with van der Waals surface area (Å²) in [5.74, 6) is -1.22. The lowest BCUT2D eigenvalue weighted by molar-refractivity contribution is -0.138. The molecule has 1 aromatic carbocycles. The van der Waals surface area contributed by atoms with Crippen LogP contribution in [-0.4, -0.2) is 41.5 Å². The van der Waals surface area contributed by atoms with Crippen LogP contribution < -0.4 is 5.32 Å². The van der Waals surface area contributed by atoms with Crippen LogP contribution in [0.4, 0.5) is 5.69 Å². The van der Waals surface area contributed by atoms with Crippen LogP contribution in [0.2, 0.25) is 0 Å². The monoisotopic (exact) mass is 470 g/mol. The van der Waals surface area contributed by atoms with Crippen LogP contribution in [0.5, 0.6) is 0 Å². The number of nitrogens with zero attached hydrogens (tertiary/aromatic N) is 1. The first-order chi connectivity index (χ1) is 9.33. The molecule has 0 bridgehead atoms. The number of nitrogens with one attached hydrogen (secondary N) is 1. The molecule has 1 aromatic rings. The van der Waals surface area contributed by atoms with Crippen molar-refractivity contribution >= 4 is 65.4 Å². The Morgan fingerprint density at radius 3 is 2.20 bits per heavy atom. The summed E-state index contributed by atoms with van der Waals surface area (Å²) in [6.07, 6.45) is 0. The Hall–Kier alpha value is -0.440. The SMILES string of the molecule is CCN(CC(=O)O)CC(=O)Nc1c(Br)cc(Br)cc1Br. The maximum absolute atomic E-state index is 12.0. The first kappa shape index (κ1) is 17.6. The molecule has 0 unspecified atom stereocenters. The molecule has 0 aliphatic heterocycles. The van der Waals surface area contributed by atoms with Gasteiger partial charge in [-0.25, -0.2) is 0 Å². The summed E-state index contributed by atoms with van der Waals surface area (Å²) in [4.78, 5) is 24.2. The van der Waals surface area contributed by atoms with E-state index in [9.17, 15) is 9.59 Å². The number of hydrogen-bond donors (Lipinski definition) is 2. The zero-order valence-electron chi connectivity index (χ0n) is 10.6. The molecule has 0 aromatic heterocycles. The fraction of sp³-hybridized carbons (Fsp3) is 0.333. The number of carboxylic acids is 1. The summed E-state index contributed by atoms with van der Waals surface area (Å²) in [6, 6.07) is 3.63. The van der Waals surface area contributed by atoms with Crippen LogP contribution in [0.15, 0.2) is 25.6 Å². The van der Waals surface area contributed by atoms with Crippen molar-refractivity contribution in [2.24, 2.45) is 0 Å². The normalized spacial score (nSPS) is 10.7. The molecule has 8 heteroatoms. The number of hydrogen-bond acceptors (Lipinski definition) is 3. The van der Waals surface area contributed by atoms with Crippen molar-refractivity contribution in [2.75, 3.05) is 25.0 Å². The van der Waals surface area contributed by atoms with Crippen LogP contribution in [0.25, 0.3) is 0 Å². The van der Waals surface area contributed by atoms with E-state index >= 15 is 0 Å². The average molecular weight is 473 g/mol. The van der Waals surface area contributed by atoms with E-state index in [0.717, 1.165) is 13.4 Å². The second kappa shape index (κ2) is 8.11. The minimum atomic E-state index is -0.953. The fourth-order valence-electron chi connectivity index (χ4n) is 1.51. The Morgan fingerprint density at radius 1 is 1.20 bits per heavy atom. The van der Waals surface area contributed by atoms with Gasteiger partial charge in [-0.2, -0.15) is 0 Å². The zero-order valence-corrected chi connectivity index (χ0v) is 15.4. The molecule has 0 fully saturated rings. The summed E-state index contributed by atoms with van der Waals surface area (Å²) in [5.41, 5.74) is 0.615. The predicted octanol–water partition coefficient (Wildman–Crippen LogP) is 3.32. The van der Waals surface area contributed by atoms with Crippen molar-refractivity contribution in [3.8, 4) is 0 Å². The van der Waals surface area contributed by atoms with Gasteiger partial charge in [0.2, 0.25) is 5.91 Å². The molecule has 0 saturated carbocycles. The minimum absolute atomic E-state index is 0.0255. The van der Waals surface area contributed by atoms with Gasteiger partial charge in [0.05, 0.1) is 18.8 Å². The van der Waals surface area contributed by atoms with Gasteiger partial charge < -0.3 is 10.4 Å². The number of carboxylic acid groups (broad SMARTS) is 1. The topological polar surface area (TPSA) is 69.6 Å². The predicted molar refractivity (Wildman–Crippen MR) is 87.9 cm³/mol. The van der Waals surface area contributed by atoms with E-state index in [1.807, 2.05) is 19.1 Å². The molecule has 5 nitrogen and oxygen atoms in total. The zero-order chi connectivity index (χ0) is 15.3. The highest BCUT2D eigenvalue weighted by Gasteiger charge is 2.15. The molecule has 0 saturated heterocycles. The quantitative estimate of drug-likeness (QED) is 0.666. The van der Waals surface area contributed by atoms with Gasteiger partial charge >= 0.3 is 5.97 Å². The molecular weight excluding hydrogens is 460 g/mol. The first-order valence-electron chi connectivity index (χ1n) is 5.72. The van der Waals surface area contributed by atoms with Crippen molar-refractivity contribution < 1.29 is 14.7 Å². The van der Waals surface area contributed by atoms with Crippen molar-refractivity contribution in [2.45, 2.75) is 6.92 Å². The Kier molecular flexibility index (Phi) is 7.14. The average Bonchev–Trinajstić information content (AvgIpc) is 2.32. The lowest BCUT2D eigenvalue weighted by atomic mass is 10.3. The van der Waals surface area contributed by atoms with Crippen LogP contribution in [0, 0.1) is 0 Å². The number of benzene rings is 1. The van der Waals surface area contributed by atoms with Crippen LogP contribution in [-0.2, 0) is 9.59 Å². The van der Waals surface area contributed by atoms with E-state index in [-0.39, 0.29) is 19.0 Å². The number of likely N-dealkylation sites (N-methyl/N-ethyl adjacent to an activating group) is 1. The number of rotatable bonds is 6. The van der Waals surface area contributed by atoms with Gasteiger partial charge in [-0.1, -0.05) is 22.9 Å². The standard InChI is InChI=1S/C12H13Br3N2O3/c1-2-17(6-11(19)20)5-10(18)16-12-8(14)3-7(13)4-9(12)15/h3-4H,2,5-6H2,1H3,(H,16,18)(H,19,20). The highest BCUT2D eigenvalue weighted by Crippen LogP contribution is 2.34. The molecule has 0 aliphatic carbocycles. The Balaban J connectivity index is 2.73. The number of aliphatic carboxylic acids is 1. The van der Waals surface area contributed by atoms with Gasteiger partial charge in [0.1, 0.15) is 0 Å². The summed E-state index contributed by atoms with van der Waals surface area (Å²) in [5, 5.41) is 11.5. The highest BCUT2D eigenvalue weighted by molar-refractivity contribution is 9.11. The fourth-order valence-corrected chi connectivity index (χ4v) is 3.97. The summed E-state index contributed by atoms with van der Waals surface area (Å²) < 4.78 is 2.33. The van der Waals surface area contributed by atoms with Gasteiger partial charge in [0.15, 0.2) is 0 Å². The van der Waals surface area contributed by atoms with E-state index in [1.54, 1.807) is 4.90 Å². The summed E-state index contributed by atoms with van der Waals surface area (Å²) in [7, 11) is 0. The van der Waals surface area contributed by atoms with Gasteiger partial charge in [-0.05, 0) is 50.5 Å². The number of amides is 1. The van der Waals surface area contributed by atoms with Gasteiger partial charge in [-0.15, -0.1) is 0 Å². The van der Waals surface area contributed by atoms with E-state index in [1.165, 1.54) is 0 Å². The summed E-state index contributed by atoms with van der Waals surface area (Å²) >= 11 is 10.1. The largest absolute Gasteiger partial charge is 0.480 e. The Labute approximate surface area is 142 Å². The third-order valence-electron chi connectivity index (χ3n) is 2.44. The first-order valence-corrected chi connectivity index (χ1v) is 8.10. The Morgan fingerprint density at radius 2 is 1.75 bits per heavy atom. The van der Waals surface area contributed by atoms with E-state index < -0.39 is 5.97 Å². The number of halogens is 3. The van der Waals surface area contributed by atoms with E-state index in [4.69, 9.17) is 5.11 Å². The number of anilines is 1. The number of carbonyl (C=O) groups is 2. The lowest BCUT2D eigenvalue weighted by Crippen LogP contribution is -2.36. The second-order valence-corrected chi connectivity index (χ2v) is 6.61. The molecule has 0 heterocycles. The highest BCUT2D eigenvalue weighted by atomic mass is 79.9. The lowest BCUT2D eigenvalue weighted by Gasteiger charge is -2.18. The van der Waals surface area contributed by atoms with Crippen molar-refractivity contribution in [3.05, 3.63) is 25.6 Å². The maximum atomic E-state index is 12.0. The van der Waals surface area contributed by atoms with Crippen molar-refractivity contribution in [1.29, 1.82) is 0 Å². The number of carbonyl (C=O) groups excluding carboxylic acids is 1. The van der Waals surface area contributed by atoms with Gasteiger partial charge in [0.25, 0.3) is 0 Å². The van der Waals surface area contributed by atoms with Crippen LogP contribution in [0.1, 0.15) is 6.92 Å². The van der Waals surface area contributed by atoms with Crippen molar-refractivity contribution in [3.63, 3.8) is 0 Å². The molecule has 0 aliphatic rings. The smallest absolute Gasteiger partial charge is 0.317 e. The molecule has 0 atom stereocenters. The third-order valence-corrected chi connectivity index (χ3v) is 4.15. The summed E-state index contributed by atoms with van der Waals surface area (Å²) in [6.45, 7) is 2.16. The molecule has 0 radical (unpaired) electrons. The Bertz CT molecular complexity index is 500. The van der Waals surface area contributed by atoms with Crippen molar-refractivity contribution in [1.82, 2.24) is 4.90 Å². The molecular formula is C12H13Br3N2O3. The molecule has 1 rings (SSSR count). The molecule has 1 amide bonds. The van der Waals surface area contributed by atoms with Gasteiger partial charge in [0, 0.05) is 13.4 Å². The van der Waals surface area contributed by atoms with Crippen LogP contribution in [0.3, 0.4) is 0 Å². The molecule has 2 N–H and O–H groups in total. The van der Waals surface area contributed by atoms with E-state index in [0.29, 0.717) is 12.2 Å². The molecule has 0 spiro atoms.